The summed E-state index contributed by atoms with van der Waals surface area (Å²) < 4.78 is 6.73. The van der Waals surface area contributed by atoms with E-state index in [0.29, 0.717) is 6.42 Å². The number of Topliss-reactive ketones (excluding diaryl/α,β-unsaturated/α-hetero) is 1. The molecule has 3 atom stereocenters. The SMILES string of the molecule is CCN(CC)[C@H]1c2ccccc2C(CC(=O)c2ccccc2)O[C@@H]1c1ccccc1. The van der Waals surface area contributed by atoms with Gasteiger partial charge in [-0.05, 0) is 29.8 Å². The molecule has 3 heteroatoms. The molecule has 0 N–H and O–H groups in total. The standard InChI is InChI=1S/C27H29NO2/c1-3-28(4-2)26-23-18-12-11-17-22(23)25(19-24(29)20-13-7-5-8-14-20)30-27(26)21-15-9-6-10-16-21/h5-18,25-27H,3-4,19H2,1-2H3/t25?,26-,27+/m0/s1. The van der Waals surface area contributed by atoms with Crippen molar-refractivity contribution in [3.05, 3.63) is 107 Å². The van der Waals surface area contributed by atoms with Crippen LogP contribution < -0.4 is 0 Å². The lowest BCUT2D eigenvalue weighted by atomic mass is 9.84. The monoisotopic (exact) mass is 399 g/mol. The Kier molecular flexibility index (Phi) is 6.41. The van der Waals surface area contributed by atoms with E-state index in [0.717, 1.165) is 29.8 Å². The van der Waals surface area contributed by atoms with Crippen molar-refractivity contribution in [3.63, 3.8) is 0 Å². The second kappa shape index (κ2) is 9.38. The minimum atomic E-state index is -0.258. The van der Waals surface area contributed by atoms with E-state index in [2.05, 4.69) is 61.2 Å². The predicted octanol–water partition coefficient (Wildman–Crippen LogP) is 6.16. The van der Waals surface area contributed by atoms with Crippen molar-refractivity contribution in [2.75, 3.05) is 13.1 Å². The van der Waals surface area contributed by atoms with Crippen LogP contribution in [0.25, 0.3) is 0 Å². The first kappa shape index (κ1) is 20.5. The maximum atomic E-state index is 13.0. The summed E-state index contributed by atoms with van der Waals surface area (Å²) in [6.07, 6.45) is -0.0319. The Morgan fingerprint density at radius 3 is 2.00 bits per heavy atom. The van der Waals surface area contributed by atoms with Gasteiger partial charge in [0.25, 0.3) is 0 Å². The quantitative estimate of drug-likeness (QED) is 0.446. The lowest BCUT2D eigenvalue weighted by molar-refractivity contribution is -0.0791. The van der Waals surface area contributed by atoms with Crippen LogP contribution in [0.1, 0.15) is 65.6 Å². The highest BCUT2D eigenvalue weighted by Gasteiger charge is 2.39. The topological polar surface area (TPSA) is 29.5 Å². The molecule has 0 aromatic heterocycles. The van der Waals surface area contributed by atoms with Gasteiger partial charge in [0.1, 0.15) is 6.10 Å². The Labute approximate surface area is 179 Å². The summed E-state index contributed by atoms with van der Waals surface area (Å²) in [5.74, 6) is 0.114. The summed E-state index contributed by atoms with van der Waals surface area (Å²) in [5, 5.41) is 0. The lowest BCUT2D eigenvalue weighted by Crippen LogP contribution is -2.38. The number of hydrogen-bond acceptors (Lipinski definition) is 3. The van der Waals surface area contributed by atoms with Crippen LogP contribution in [-0.2, 0) is 4.74 Å². The highest BCUT2D eigenvalue weighted by atomic mass is 16.5. The second-order valence-corrected chi connectivity index (χ2v) is 7.74. The molecule has 0 radical (unpaired) electrons. The maximum Gasteiger partial charge on any atom is 0.165 e. The fourth-order valence-electron chi connectivity index (χ4n) is 4.54. The van der Waals surface area contributed by atoms with Crippen molar-refractivity contribution >= 4 is 5.78 Å². The minimum absolute atomic E-state index is 0.114. The van der Waals surface area contributed by atoms with Crippen molar-refractivity contribution in [3.8, 4) is 0 Å². The van der Waals surface area contributed by atoms with Crippen LogP contribution in [0.2, 0.25) is 0 Å². The Morgan fingerprint density at radius 1 is 0.800 bits per heavy atom. The van der Waals surface area contributed by atoms with Gasteiger partial charge in [-0.15, -0.1) is 0 Å². The molecular formula is C27H29NO2. The van der Waals surface area contributed by atoms with Gasteiger partial charge < -0.3 is 4.74 Å². The summed E-state index contributed by atoms with van der Waals surface area (Å²) in [7, 11) is 0. The third-order valence-electron chi connectivity index (χ3n) is 6.06. The number of ether oxygens (including phenoxy) is 1. The third-order valence-corrected chi connectivity index (χ3v) is 6.06. The van der Waals surface area contributed by atoms with Crippen LogP contribution in [-0.4, -0.2) is 23.8 Å². The van der Waals surface area contributed by atoms with Gasteiger partial charge in [0.15, 0.2) is 5.78 Å². The highest BCUT2D eigenvalue weighted by Crippen LogP contribution is 2.48. The number of fused-ring (bicyclic) bond motifs is 1. The van der Waals surface area contributed by atoms with Crippen molar-refractivity contribution < 1.29 is 9.53 Å². The number of likely N-dealkylation sites (N-methyl/N-ethyl adjacent to an activating group) is 1. The van der Waals surface area contributed by atoms with Crippen molar-refractivity contribution in [1.82, 2.24) is 4.90 Å². The van der Waals surface area contributed by atoms with Crippen LogP contribution in [0.3, 0.4) is 0 Å². The molecule has 0 spiro atoms. The van der Waals surface area contributed by atoms with Gasteiger partial charge in [-0.25, -0.2) is 0 Å². The first-order valence-electron chi connectivity index (χ1n) is 10.8. The molecule has 1 unspecified atom stereocenters. The van der Waals surface area contributed by atoms with E-state index in [-0.39, 0.29) is 24.0 Å². The molecule has 3 aromatic carbocycles. The summed E-state index contributed by atoms with van der Waals surface area (Å²) in [5.41, 5.74) is 4.29. The average molecular weight is 400 g/mol. The van der Waals surface area contributed by atoms with E-state index in [9.17, 15) is 4.79 Å². The molecule has 4 rings (SSSR count). The number of ketones is 1. The number of nitrogens with zero attached hydrogens (tertiary/aromatic N) is 1. The summed E-state index contributed by atoms with van der Waals surface area (Å²) in [6, 6.07) is 28.5. The smallest absolute Gasteiger partial charge is 0.165 e. The molecule has 0 aliphatic carbocycles. The fourth-order valence-corrected chi connectivity index (χ4v) is 4.54. The Morgan fingerprint density at radius 2 is 1.37 bits per heavy atom. The number of hydrogen-bond donors (Lipinski definition) is 0. The van der Waals surface area contributed by atoms with Gasteiger partial charge in [-0.1, -0.05) is 98.8 Å². The molecule has 30 heavy (non-hydrogen) atoms. The molecule has 0 saturated heterocycles. The normalized spacial score (nSPS) is 20.7. The van der Waals surface area contributed by atoms with Gasteiger partial charge in [0.05, 0.1) is 12.1 Å². The van der Waals surface area contributed by atoms with Crippen molar-refractivity contribution in [2.24, 2.45) is 0 Å². The van der Waals surface area contributed by atoms with Crippen LogP contribution >= 0.6 is 0 Å². The van der Waals surface area contributed by atoms with Gasteiger partial charge in [-0.3, -0.25) is 9.69 Å². The summed E-state index contributed by atoms with van der Waals surface area (Å²) >= 11 is 0. The lowest BCUT2D eigenvalue weighted by Gasteiger charge is -2.43. The zero-order chi connectivity index (χ0) is 20.9. The van der Waals surface area contributed by atoms with Crippen LogP contribution in [0, 0.1) is 0 Å². The van der Waals surface area contributed by atoms with E-state index in [1.165, 1.54) is 5.56 Å². The Bertz CT molecular complexity index is 966. The Balaban J connectivity index is 1.75. The highest BCUT2D eigenvalue weighted by molar-refractivity contribution is 5.96. The van der Waals surface area contributed by atoms with E-state index in [4.69, 9.17) is 4.74 Å². The largest absolute Gasteiger partial charge is 0.363 e. The number of rotatable bonds is 7. The van der Waals surface area contributed by atoms with Gasteiger partial charge >= 0.3 is 0 Å². The van der Waals surface area contributed by atoms with Crippen LogP contribution in [0.5, 0.6) is 0 Å². The summed E-state index contributed by atoms with van der Waals surface area (Å²) in [6.45, 7) is 6.27. The van der Waals surface area contributed by atoms with Crippen LogP contribution in [0.15, 0.2) is 84.9 Å². The molecule has 0 amide bonds. The zero-order valence-electron chi connectivity index (χ0n) is 17.7. The third kappa shape index (κ3) is 4.09. The number of carbonyl (C=O) groups is 1. The molecule has 0 saturated carbocycles. The van der Waals surface area contributed by atoms with Gasteiger partial charge in [-0.2, -0.15) is 0 Å². The predicted molar refractivity (Wildman–Crippen MR) is 121 cm³/mol. The van der Waals surface area contributed by atoms with E-state index >= 15 is 0 Å². The van der Waals surface area contributed by atoms with Crippen molar-refractivity contribution in [2.45, 2.75) is 38.5 Å². The molecule has 0 bridgehead atoms. The van der Waals surface area contributed by atoms with Gasteiger partial charge in [0, 0.05) is 12.0 Å². The molecule has 3 nitrogen and oxygen atoms in total. The van der Waals surface area contributed by atoms with E-state index in [1.54, 1.807) is 0 Å². The summed E-state index contributed by atoms with van der Waals surface area (Å²) in [4.78, 5) is 15.5. The zero-order valence-corrected chi connectivity index (χ0v) is 17.7. The number of carbonyl (C=O) groups excluding carboxylic acids is 1. The van der Waals surface area contributed by atoms with E-state index < -0.39 is 0 Å². The fraction of sp³-hybridized carbons (Fsp3) is 0.296. The van der Waals surface area contributed by atoms with Gasteiger partial charge in [0.2, 0.25) is 0 Å². The molecule has 0 fully saturated rings. The minimum Gasteiger partial charge on any atom is -0.363 e. The van der Waals surface area contributed by atoms with Crippen LogP contribution in [0.4, 0.5) is 0 Å². The number of benzene rings is 3. The maximum absolute atomic E-state index is 13.0. The molecule has 3 aromatic rings. The molecule has 1 aliphatic heterocycles. The second-order valence-electron chi connectivity index (χ2n) is 7.74. The van der Waals surface area contributed by atoms with E-state index in [1.807, 2.05) is 42.5 Å². The molecule has 1 heterocycles. The average Bonchev–Trinajstić information content (AvgIpc) is 2.82. The molecule has 1 aliphatic rings. The molecule has 154 valence electrons. The first-order chi connectivity index (χ1) is 14.7. The molecular weight excluding hydrogens is 370 g/mol. The van der Waals surface area contributed by atoms with Crippen molar-refractivity contribution in [1.29, 1.82) is 0 Å². The Hall–Kier alpha value is -2.75. The first-order valence-corrected chi connectivity index (χ1v) is 10.8.